The van der Waals surface area contributed by atoms with Gasteiger partial charge in [-0.05, 0) is 73.7 Å². The fourth-order valence-corrected chi connectivity index (χ4v) is 4.12. The second-order valence-corrected chi connectivity index (χ2v) is 8.21. The van der Waals surface area contributed by atoms with Crippen molar-refractivity contribution in [1.29, 1.82) is 0 Å². The number of hydrogen-bond donors (Lipinski definition) is 1. The molecular formula is C28H28N2O3. The van der Waals surface area contributed by atoms with Gasteiger partial charge in [0, 0.05) is 12.2 Å². The molecule has 0 saturated carbocycles. The molecule has 0 fully saturated rings. The van der Waals surface area contributed by atoms with E-state index >= 15 is 0 Å². The van der Waals surface area contributed by atoms with Crippen LogP contribution < -0.4 is 10.1 Å². The number of anilines is 1. The lowest BCUT2D eigenvalue weighted by Gasteiger charge is -2.15. The third-order valence-electron chi connectivity index (χ3n) is 5.58. The Morgan fingerprint density at radius 1 is 0.848 bits per heavy atom. The van der Waals surface area contributed by atoms with E-state index in [-0.39, 0.29) is 11.8 Å². The zero-order chi connectivity index (χ0) is 23.4. The Kier molecular flexibility index (Phi) is 6.59. The molecule has 5 heteroatoms. The molecule has 0 unspecified atom stereocenters. The number of rotatable bonds is 8. The van der Waals surface area contributed by atoms with Crippen molar-refractivity contribution in [1.82, 2.24) is 4.90 Å². The van der Waals surface area contributed by atoms with Gasteiger partial charge in [0.2, 0.25) is 0 Å². The number of nitrogens with zero attached hydrogens (tertiary/aromatic N) is 1. The van der Waals surface area contributed by atoms with E-state index < -0.39 is 0 Å². The summed E-state index contributed by atoms with van der Waals surface area (Å²) in [4.78, 5) is 28.2. The minimum absolute atomic E-state index is 0.285. The van der Waals surface area contributed by atoms with Crippen LogP contribution in [0.25, 0.3) is 5.57 Å². The lowest BCUT2D eigenvalue weighted by molar-refractivity contribution is -0.136. The number of amides is 2. The molecular weight excluding hydrogens is 412 g/mol. The maximum absolute atomic E-state index is 13.5. The molecule has 0 aromatic heterocycles. The van der Waals surface area contributed by atoms with E-state index in [1.54, 1.807) is 0 Å². The fourth-order valence-electron chi connectivity index (χ4n) is 4.12. The summed E-state index contributed by atoms with van der Waals surface area (Å²) in [7, 11) is 0. The quantitative estimate of drug-likeness (QED) is 0.493. The van der Waals surface area contributed by atoms with Crippen LogP contribution in [0.15, 0.2) is 78.5 Å². The molecule has 33 heavy (non-hydrogen) atoms. The lowest BCUT2D eigenvalue weighted by atomic mass is 10.0. The average molecular weight is 441 g/mol. The number of nitrogens with one attached hydrogen (secondary N) is 1. The normalized spacial score (nSPS) is 13.6. The molecule has 4 rings (SSSR count). The first-order valence-corrected chi connectivity index (χ1v) is 11.2. The number of aryl methyl sites for hydroxylation is 2. The van der Waals surface area contributed by atoms with Gasteiger partial charge >= 0.3 is 0 Å². The van der Waals surface area contributed by atoms with Crippen molar-refractivity contribution in [3.05, 3.63) is 101 Å². The smallest absolute Gasteiger partial charge is 0.278 e. The summed E-state index contributed by atoms with van der Waals surface area (Å²) in [6.45, 7) is 6.82. The zero-order valence-corrected chi connectivity index (χ0v) is 19.2. The molecule has 1 N–H and O–H groups in total. The monoisotopic (exact) mass is 440 g/mol. The molecule has 0 spiro atoms. The Balaban J connectivity index is 1.68. The van der Waals surface area contributed by atoms with Crippen LogP contribution >= 0.6 is 0 Å². The van der Waals surface area contributed by atoms with Crippen LogP contribution in [0.5, 0.6) is 5.75 Å². The van der Waals surface area contributed by atoms with Crippen molar-refractivity contribution in [3.63, 3.8) is 0 Å². The standard InChI is InChI=1S/C28H28N2O3/c1-4-33-24-12-10-22(11-13-24)25-26(29-23-17-19(2)16-20(3)18-23)28(32)30(27(25)31)15-14-21-8-6-5-7-9-21/h5-13,16-18,29H,4,14-15H2,1-3H3. The first-order valence-electron chi connectivity index (χ1n) is 11.2. The molecule has 3 aromatic carbocycles. The predicted molar refractivity (Wildman–Crippen MR) is 131 cm³/mol. The van der Waals surface area contributed by atoms with Crippen LogP contribution in [0.2, 0.25) is 0 Å². The van der Waals surface area contributed by atoms with E-state index in [1.807, 2.05) is 87.5 Å². The van der Waals surface area contributed by atoms with Gasteiger partial charge in [0.1, 0.15) is 11.4 Å². The van der Waals surface area contributed by atoms with Crippen LogP contribution in [-0.4, -0.2) is 29.9 Å². The van der Waals surface area contributed by atoms with Crippen molar-refractivity contribution in [3.8, 4) is 5.75 Å². The molecule has 1 aliphatic heterocycles. The Labute approximate surface area is 194 Å². The topological polar surface area (TPSA) is 58.6 Å². The second-order valence-electron chi connectivity index (χ2n) is 8.21. The fraction of sp³-hybridized carbons (Fsp3) is 0.214. The highest BCUT2D eigenvalue weighted by Gasteiger charge is 2.39. The van der Waals surface area contributed by atoms with Gasteiger partial charge in [0.05, 0.1) is 12.2 Å². The van der Waals surface area contributed by atoms with Crippen molar-refractivity contribution in [2.75, 3.05) is 18.5 Å². The Morgan fingerprint density at radius 2 is 1.52 bits per heavy atom. The minimum atomic E-state index is -0.307. The van der Waals surface area contributed by atoms with E-state index in [0.717, 1.165) is 28.1 Å². The molecule has 0 aliphatic carbocycles. The Morgan fingerprint density at radius 3 is 2.15 bits per heavy atom. The van der Waals surface area contributed by atoms with Crippen molar-refractivity contribution in [2.24, 2.45) is 0 Å². The van der Waals surface area contributed by atoms with E-state index in [0.29, 0.717) is 36.4 Å². The number of carbonyl (C=O) groups excluding carboxylic acids is 2. The number of ether oxygens (including phenoxy) is 1. The molecule has 2 amide bonds. The van der Waals surface area contributed by atoms with Crippen LogP contribution in [-0.2, 0) is 16.0 Å². The molecule has 0 atom stereocenters. The summed E-state index contributed by atoms with van der Waals surface area (Å²) in [5.74, 6) is 0.134. The van der Waals surface area contributed by atoms with Crippen molar-refractivity contribution < 1.29 is 14.3 Å². The van der Waals surface area contributed by atoms with E-state index in [1.165, 1.54) is 4.90 Å². The van der Waals surface area contributed by atoms with Crippen LogP contribution in [0.3, 0.4) is 0 Å². The molecule has 5 nitrogen and oxygen atoms in total. The molecule has 3 aromatic rings. The van der Waals surface area contributed by atoms with Gasteiger partial charge in [-0.25, -0.2) is 0 Å². The van der Waals surface area contributed by atoms with Gasteiger partial charge < -0.3 is 10.1 Å². The summed E-state index contributed by atoms with van der Waals surface area (Å²) in [5.41, 5.74) is 5.41. The van der Waals surface area contributed by atoms with E-state index in [9.17, 15) is 9.59 Å². The first-order chi connectivity index (χ1) is 16.0. The van der Waals surface area contributed by atoms with Gasteiger partial charge in [0.25, 0.3) is 11.8 Å². The molecule has 0 saturated heterocycles. The predicted octanol–water partition coefficient (Wildman–Crippen LogP) is 5.14. The van der Waals surface area contributed by atoms with Gasteiger partial charge in [-0.15, -0.1) is 0 Å². The average Bonchev–Trinajstić information content (AvgIpc) is 3.02. The zero-order valence-electron chi connectivity index (χ0n) is 19.2. The summed E-state index contributed by atoms with van der Waals surface area (Å²) < 4.78 is 5.54. The van der Waals surface area contributed by atoms with Gasteiger partial charge in [-0.1, -0.05) is 48.5 Å². The van der Waals surface area contributed by atoms with Crippen molar-refractivity contribution in [2.45, 2.75) is 27.2 Å². The van der Waals surface area contributed by atoms with Crippen LogP contribution in [0.1, 0.15) is 29.2 Å². The maximum Gasteiger partial charge on any atom is 0.278 e. The van der Waals surface area contributed by atoms with Gasteiger partial charge in [0.15, 0.2) is 0 Å². The number of hydrogen-bond acceptors (Lipinski definition) is 4. The third-order valence-corrected chi connectivity index (χ3v) is 5.58. The lowest BCUT2D eigenvalue weighted by Crippen LogP contribution is -2.34. The molecule has 0 bridgehead atoms. The summed E-state index contributed by atoms with van der Waals surface area (Å²) in [6, 6.07) is 23.2. The Bertz CT molecular complexity index is 1180. The van der Waals surface area contributed by atoms with Gasteiger partial charge in [-0.2, -0.15) is 0 Å². The number of carbonyl (C=O) groups is 2. The second kappa shape index (κ2) is 9.74. The SMILES string of the molecule is CCOc1ccc(C2=C(Nc3cc(C)cc(C)c3)C(=O)N(CCc3ccccc3)C2=O)cc1. The van der Waals surface area contributed by atoms with Crippen LogP contribution in [0, 0.1) is 13.8 Å². The summed E-state index contributed by atoms with van der Waals surface area (Å²) in [5, 5.41) is 3.26. The molecule has 1 aliphatic rings. The van der Waals surface area contributed by atoms with Crippen LogP contribution in [0.4, 0.5) is 5.69 Å². The minimum Gasteiger partial charge on any atom is -0.494 e. The highest BCUT2D eigenvalue weighted by molar-refractivity contribution is 6.36. The molecule has 0 radical (unpaired) electrons. The highest BCUT2D eigenvalue weighted by Crippen LogP contribution is 2.32. The van der Waals surface area contributed by atoms with Gasteiger partial charge in [-0.3, -0.25) is 14.5 Å². The summed E-state index contributed by atoms with van der Waals surface area (Å²) in [6.07, 6.45) is 0.603. The number of benzene rings is 3. The largest absolute Gasteiger partial charge is 0.494 e. The maximum atomic E-state index is 13.5. The third kappa shape index (κ3) is 4.98. The number of imide groups is 1. The summed E-state index contributed by atoms with van der Waals surface area (Å²) >= 11 is 0. The molecule has 1 heterocycles. The highest BCUT2D eigenvalue weighted by atomic mass is 16.5. The first kappa shape index (κ1) is 22.3. The van der Waals surface area contributed by atoms with E-state index in [4.69, 9.17) is 4.74 Å². The van der Waals surface area contributed by atoms with Crippen molar-refractivity contribution >= 4 is 23.1 Å². The Hall–Kier alpha value is -3.86. The van der Waals surface area contributed by atoms with E-state index in [2.05, 4.69) is 11.4 Å². The molecule has 168 valence electrons.